The summed E-state index contributed by atoms with van der Waals surface area (Å²) in [7, 11) is 0. The summed E-state index contributed by atoms with van der Waals surface area (Å²) in [6, 6.07) is 9.13. The Labute approximate surface area is 131 Å². The molecule has 0 fully saturated rings. The van der Waals surface area contributed by atoms with Crippen LogP contribution in [0.1, 0.15) is 22.7 Å². The second-order valence-electron chi connectivity index (χ2n) is 4.55. The molecule has 2 nitrogen and oxygen atoms in total. The Kier molecular flexibility index (Phi) is 5.79. The number of halogens is 5. The zero-order valence-corrected chi connectivity index (χ0v) is 12.3. The lowest BCUT2D eigenvalue weighted by Gasteiger charge is -2.16. The second kappa shape index (κ2) is 6.98. The Bertz CT molecular complexity index is 628. The summed E-state index contributed by atoms with van der Waals surface area (Å²) in [4.78, 5) is 0. The highest BCUT2D eigenvalue weighted by Crippen LogP contribution is 2.27. The Morgan fingerprint density at radius 3 is 2.18 bits per heavy atom. The lowest BCUT2D eigenvalue weighted by molar-refractivity contribution is -0.274. The summed E-state index contributed by atoms with van der Waals surface area (Å²) in [6.07, 6.45) is -4.73. The second-order valence-corrected chi connectivity index (χ2v) is 4.55. The van der Waals surface area contributed by atoms with E-state index in [1.807, 2.05) is 0 Å². The molecule has 0 aromatic heterocycles. The van der Waals surface area contributed by atoms with Crippen LogP contribution in [0, 0.1) is 12.7 Å². The zero-order valence-electron chi connectivity index (χ0n) is 11.5. The minimum Gasteiger partial charge on any atom is -0.406 e. The SMILES string of the molecule is Cc1c(F)cccc1[C@@H](N)c1ccc(OC(F)(F)F)cc1.Cl. The first-order valence-electron chi connectivity index (χ1n) is 6.14. The molecule has 22 heavy (non-hydrogen) atoms. The molecule has 2 rings (SSSR count). The van der Waals surface area contributed by atoms with Gasteiger partial charge in [-0.15, -0.1) is 25.6 Å². The third kappa shape index (κ3) is 4.35. The highest BCUT2D eigenvalue weighted by atomic mass is 35.5. The van der Waals surface area contributed by atoms with Crippen LogP contribution in [0.15, 0.2) is 42.5 Å². The molecule has 0 heterocycles. The zero-order chi connectivity index (χ0) is 15.6. The highest BCUT2D eigenvalue weighted by molar-refractivity contribution is 5.85. The van der Waals surface area contributed by atoms with Gasteiger partial charge in [-0.1, -0.05) is 24.3 Å². The molecule has 0 saturated carbocycles. The summed E-state index contributed by atoms with van der Waals surface area (Å²) < 4.78 is 53.5. The number of ether oxygens (including phenoxy) is 1. The van der Waals surface area contributed by atoms with Gasteiger partial charge in [-0.25, -0.2) is 4.39 Å². The Morgan fingerprint density at radius 2 is 1.64 bits per heavy atom. The van der Waals surface area contributed by atoms with Gasteiger partial charge in [0.05, 0.1) is 6.04 Å². The van der Waals surface area contributed by atoms with Crippen molar-refractivity contribution < 1.29 is 22.3 Å². The van der Waals surface area contributed by atoms with Crippen LogP contribution in [0.3, 0.4) is 0 Å². The van der Waals surface area contributed by atoms with E-state index in [4.69, 9.17) is 5.73 Å². The average molecular weight is 336 g/mol. The fraction of sp³-hybridized carbons (Fsp3) is 0.200. The van der Waals surface area contributed by atoms with E-state index in [0.717, 1.165) is 0 Å². The van der Waals surface area contributed by atoms with Crippen LogP contribution < -0.4 is 10.5 Å². The Balaban J connectivity index is 0.00000242. The van der Waals surface area contributed by atoms with Crippen LogP contribution in [0.25, 0.3) is 0 Å². The molecule has 0 saturated heterocycles. The van der Waals surface area contributed by atoms with Crippen molar-refractivity contribution in [3.8, 4) is 5.75 Å². The third-order valence-electron chi connectivity index (χ3n) is 3.12. The van der Waals surface area contributed by atoms with Gasteiger partial charge in [-0.05, 0) is 41.8 Å². The van der Waals surface area contributed by atoms with Crippen molar-refractivity contribution >= 4 is 12.4 Å². The predicted octanol–water partition coefficient (Wildman–Crippen LogP) is 4.50. The van der Waals surface area contributed by atoms with E-state index >= 15 is 0 Å². The number of hydrogen-bond donors (Lipinski definition) is 1. The summed E-state index contributed by atoms with van der Waals surface area (Å²) in [5.41, 5.74) is 7.60. The first-order chi connectivity index (χ1) is 9.78. The molecule has 2 aromatic carbocycles. The number of nitrogens with two attached hydrogens (primary N) is 1. The average Bonchev–Trinajstić information content (AvgIpc) is 2.40. The van der Waals surface area contributed by atoms with Gasteiger partial charge >= 0.3 is 6.36 Å². The number of alkyl halides is 3. The molecule has 2 aromatic rings. The quantitative estimate of drug-likeness (QED) is 0.838. The summed E-state index contributed by atoms with van der Waals surface area (Å²) in [6.45, 7) is 1.60. The van der Waals surface area contributed by atoms with Gasteiger partial charge in [-0.2, -0.15) is 0 Å². The van der Waals surface area contributed by atoms with Gasteiger partial charge in [-0.3, -0.25) is 0 Å². The van der Waals surface area contributed by atoms with E-state index in [0.29, 0.717) is 16.7 Å². The van der Waals surface area contributed by atoms with E-state index in [9.17, 15) is 17.6 Å². The topological polar surface area (TPSA) is 35.2 Å². The molecule has 0 spiro atoms. The van der Waals surface area contributed by atoms with Crippen molar-refractivity contribution in [3.05, 3.63) is 65.0 Å². The smallest absolute Gasteiger partial charge is 0.406 e. The van der Waals surface area contributed by atoms with E-state index in [2.05, 4.69) is 4.74 Å². The predicted molar refractivity (Wildman–Crippen MR) is 77.5 cm³/mol. The molecule has 0 aliphatic carbocycles. The molecule has 2 N–H and O–H groups in total. The molecular formula is C15H14ClF4NO. The summed E-state index contributed by atoms with van der Waals surface area (Å²) >= 11 is 0. The van der Waals surface area contributed by atoms with Crippen LogP contribution in [0.4, 0.5) is 17.6 Å². The largest absolute Gasteiger partial charge is 0.573 e. The van der Waals surface area contributed by atoms with Crippen molar-refractivity contribution in [1.29, 1.82) is 0 Å². The summed E-state index contributed by atoms with van der Waals surface area (Å²) in [5, 5.41) is 0. The molecular weight excluding hydrogens is 322 g/mol. The normalized spacial score (nSPS) is 12.5. The molecule has 7 heteroatoms. The molecule has 0 aliphatic rings. The third-order valence-corrected chi connectivity index (χ3v) is 3.12. The van der Waals surface area contributed by atoms with Gasteiger partial charge in [0.1, 0.15) is 11.6 Å². The first-order valence-corrected chi connectivity index (χ1v) is 6.14. The Morgan fingerprint density at radius 1 is 1.05 bits per heavy atom. The van der Waals surface area contributed by atoms with Gasteiger partial charge < -0.3 is 10.5 Å². The van der Waals surface area contributed by atoms with Crippen molar-refractivity contribution in [1.82, 2.24) is 0 Å². The van der Waals surface area contributed by atoms with E-state index < -0.39 is 12.4 Å². The van der Waals surface area contributed by atoms with Crippen LogP contribution >= 0.6 is 12.4 Å². The van der Waals surface area contributed by atoms with E-state index in [-0.39, 0.29) is 24.0 Å². The molecule has 120 valence electrons. The van der Waals surface area contributed by atoms with Gasteiger partial charge in [0.2, 0.25) is 0 Å². The highest BCUT2D eigenvalue weighted by Gasteiger charge is 2.31. The maximum atomic E-state index is 13.5. The van der Waals surface area contributed by atoms with Gasteiger partial charge in [0.25, 0.3) is 0 Å². The summed E-state index contributed by atoms with van der Waals surface area (Å²) in [5.74, 6) is -0.700. The maximum Gasteiger partial charge on any atom is 0.573 e. The van der Waals surface area contributed by atoms with Crippen molar-refractivity contribution in [2.24, 2.45) is 5.73 Å². The standard InChI is InChI=1S/C15H13F4NO.ClH/c1-9-12(3-2-4-13(9)16)14(20)10-5-7-11(8-6-10)21-15(17,18)19;/h2-8,14H,20H2,1H3;1H/t14-;/m0./s1. The fourth-order valence-electron chi connectivity index (χ4n) is 2.02. The lowest BCUT2D eigenvalue weighted by Crippen LogP contribution is -2.17. The van der Waals surface area contributed by atoms with Crippen LogP contribution in [-0.2, 0) is 0 Å². The lowest BCUT2D eigenvalue weighted by atomic mass is 9.95. The Hall–Kier alpha value is -1.79. The number of benzene rings is 2. The molecule has 1 atom stereocenters. The minimum absolute atomic E-state index is 0. The van der Waals surface area contributed by atoms with Crippen LogP contribution in [0.5, 0.6) is 5.75 Å². The van der Waals surface area contributed by atoms with Crippen molar-refractivity contribution in [2.45, 2.75) is 19.3 Å². The van der Waals surface area contributed by atoms with Gasteiger partial charge in [0, 0.05) is 0 Å². The van der Waals surface area contributed by atoms with Crippen LogP contribution in [0.2, 0.25) is 0 Å². The molecule has 0 bridgehead atoms. The van der Waals surface area contributed by atoms with Gasteiger partial charge in [0.15, 0.2) is 0 Å². The maximum absolute atomic E-state index is 13.5. The van der Waals surface area contributed by atoms with Crippen molar-refractivity contribution in [3.63, 3.8) is 0 Å². The minimum atomic E-state index is -4.73. The molecule has 0 amide bonds. The van der Waals surface area contributed by atoms with E-state index in [1.54, 1.807) is 19.1 Å². The first kappa shape index (κ1) is 18.3. The molecule has 0 unspecified atom stereocenters. The molecule has 0 radical (unpaired) electrons. The molecule has 0 aliphatic heterocycles. The number of hydrogen-bond acceptors (Lipinski definition) is 2. The monoisotopic (exact) mass is 335 g/mol. The fourth-order valence-corrected chi connectivity index (χ4v) is 2.02. The van der Waals surface area contributed by atoms with Crippen LogP contribution in [-0.4, -0.2) is 6.36 Å². The number of rotatable bonds is 3. The van der Waals surface area contributed by atoms with Crippen molar-refractivity contribution in [2.75, 3.05) is 0 Å². The van der Waals surface area contributed by atoms with E-state index in [1.165, 1.54) is 30.3 Å².